The summed E-state index contributed by atoms with van der Waals surface area (Å²) in [6.07, 6.45) is -3.04. The fraction of sp³-hybridized carbons (Fsp3) is 0.966. The fourth-order valence-electron chi connectivity index (χ4n) is 11.2. The van der Waals surface area contributed by atoms with Crippen LogP contribution < -0.4 is 30.2 Å². The Bertz CT molecular complexity index is 2570. The Labute approximate surface area is 646 Å². The first-order valence-corrected chi connectivity index (χ1v) is 44.8. The number of methoxy groups -OCH3 is 11. The van der Waals surface area contributed by atoms with Crippen molar-refractivity contribution in [1.29, 1.82) is 0 Å². The summed E-state index contributed by atoms with van der Waals surface area (Å²) in [7, 11) is 40.9. The van der Waals surface area contributed by atoms with E-state index < -0.39 is 134 Å². The van der Waals surface area contributed by atoms with Crippen LogP contribution >= 0.6 is 36.9 Å². The molecule has 7 aliphatic rings. The summed E-state index contributed by atoms with van der Waals surface area (Å²) in [4.78, 5) is 55.9. The molecule has 1 aliphatic carbocycles. The lowest BCUT2D eigenvalue weighted by Crippen LogP contribution is -2.40. The number of alkyl halides is 1. The van der Waals surface area contributed by atoms with Crippen LogP contribution in [0.4, 0.5) is 4.39 Å². The molecular formula is C59H109B7FNO33P5S-5. The van der Waals surface area contributed by atoms with Gasteiger partial charge in [0.2, 0.25) is 0 Å². The highest BCUT2D eigenvalue weighted by Gasteiger charge is 2.48. The predicted molar refractivity (Wildman–Crippen MR) is 391 cm³/mol. The molecule has 2 N–H and O–H groups in total. The Balaban J connectivity index is 0.000000628. The standard InChI is InChI=1S/C10H21BNO6P.C10H20BO7P.C9H15BO2.C8H16BO6P.C8H15BO3.C7H13BFO5P.C7H14BO4PS/c1-15-6-7-8(18-19(2,13)14)9(10(11)17-7)16-5-3-4-12;1-14-4-5-16-9-8(18-19(3,12)13)7(6-15-2)17-10(9)11;1-11-6-7-3-4-8(10)5-9(7)12-2;1-12-4-5-6(15-16(3,10)11)7(13-2)8(9)14-5;1-10-5-8-7(11-2)3-6(9)4-12-8;1-12-3-4-6(14-15(2,10)11)5(9)7(8)13-4;1-10-4-6-5(3-7(8)11-6)12-13(2,9)14/h7-10H,3-6,12H2,1-2H3,(H,13,14);7-10H,4-6H2,1-3H3,(H,12,13);3-4,7-9H,5-6H2,1-2H3;5-8H,4H2,1-3H3,(H,10,11);6-8H,3-5H2,1-2H3;4-7H,3H2,1-2H3,(H,10,11);5-7H,3-4H2,1-2H3,(H,9,14)/p-5/t2*7-,8+,9?,10-;7?,8-,9?;5-,6+,7?,8-;6-,7?,8?;4-,5?,6+,7-;5-,6-,7-,13?/m1101111/s1. The molecule has 0 amide bonds. The van der Waals surface area contributed by atoms with Crippen molar-refractivity contribution in [2.75, 3.05) is 191 Å². The van der Waals surface area contributed by atoms with E-state index in [1.807, 2.05) is 6.08 Å². The molecule has 0 saturated carbocycles. The van der Waals surface area contributed by atoms with Crippen LogP contribution in [0.3, 0.4) is 0 Å². The van der Waals surface area contributed by atoms with Crippen LogP contribution in [0.1, 0.15) is 25.7 Å². The summed E-state index contributed by atoms with van der Waals surface area (Å²) in [5.74, 6) is 0.603. The van der Waals surface area contributed by atoms with Gasteiger partial charge in [0.25, 0.3) is 0 Å². The lowest BCUT2D eigenvalue weighted by atomic mass is 9.75. The van der Waals surface area contributed by atoms with E-state index in [4.69, 9.17) is 181 Å². The van der Waals surface area contributed by atoms with Gasteiger partial charge in [0.15, 0.2) is 0 Å². The third-order valence-electron chi connectivity index (χ3n) is 15.7. The van der Waals surface area contributed by atoms with E-state index in [1.165, 1.54) is 49.3 Å². The zero-order valence-electron chi connectivity index (χ0n) is 64.0. The van der Waals surface area contributed by atoms with E-state index in [-0.39, 0.29) is 81.2 Å². The van der Waals surface area contributed by atoms with Gasteiger partial charge in [0, 0.05) is 148 Å². The van der Waals surface area contributed by atoms with Crippen molar-refractivity contribution in [2.24, 2.45) is 11.7 Å². The van der Waals surface area contributed by atoms with Gasteiger partial charge in [-0.1, -0.05) is 35.6 Å². The summed E-state index contributed by atoms with van der Waals surface area (Å²) in [6.45, 7) is 6.64. The second kappa shape index (κ2) is 54.5. The van der Waals surface area contributed by atoms with Crippen molar-refractivity contribution in [3.63, 3.8) is 0 Å². The minimum absolute atomic E-state index is 0.0266. The molecule has 34 nitrogen and oxygen atoms in total. The SMILES string of the molecule is [B][C@@H]1O[C@H](COC)[C@H](OP(C)(=O)[O-])C1F.[B][C@@H]1O[C@H](COC)[C@H](OP(C)(=O)[O-])C1OC.[B][C@@H]1O[C@H](COC)[C@H](OP(C)(=O)[O-])C1OCCCN.[B][C@@H]1O[C@H](COC)[C@H](OP(C)(=O)[O-])C1OCCOC.[B][C@H]1C=CC(COC)C(OC)C1.[B][C@H]1COC(COC)C(OC)C1.[B][C@H]1C[C@@H](OP(C)([O-])=S)[C@@H](COC)O1. The van der Waals surface area contributed by atoms with E-state index in [0.29, 0.717) is 64.9 Å². The first-order valence-electron chi connectivity index (χ1n) is 33.8. The van der Waals surface area contributed by atoms with Crippen molar-refractivity contribution in [1.82, 2.24) is 0 Å². The molecule has 0 aromatic heterocycles. The molecule has 6 aliphatic heterocycles. The maximum absolute atomic E-state index is 13.4. The van der Waals surface area contributed by atoms with Crippen LogP contribution in [0.2, 0.25) is 11.6 Å². The zero-order valence-corrected chi connectivity index (χ0v) is 69.3. The molecule has 6 heterocycles. The topological polar surface area (TPSA) is 431 Å². The van der Waals surface area contributed by atoms with Crippen molar-refractivity contribution < 1.29 is 160 Å². The number of hydrogen-bond donors (Lipinski definition) is 1. The summed E-state index contributed by atoms with van der Waals surface area (Å²) in [5, 5.41) is 0. The van der Waals surface area contributed by atoms with Gasteiger partial charge in [-0.3, -0.25) is 0 Å². The van der Waals surface area contributed by atoms with Crippen molar-refractivity contribution >= 4 is 104 Å². The molecule has 30 atom stereocenters. The van der Waals surface area contributed by atoms with Gasteiger partial charge < -0.3 is 161 Å². The second-order valence-corrected chi connectivity index (χ2v) is 36.0. The normalized spacial score (nSPS) is 36.5. The zero-order chi connectivity index (χ0) is 81.6. The summed E-state index contributed by atoms with van der Waals surface area (Å²) < 4.78 is 181. The van der Waals surface area contributed by atoms with E-state index in [0.717, 1.165) is 39.5 Å². The van der Waals surface area contributed by atoms with E-state index in [9.17, 15) is 47.1 Å². The Hall–Kier alpha value is 0.495. The first-order chi connectivity index (χ1) is 50.0. The molecule has 612 valence electrons. The second-order valence-electron chi connectivity index (χ2n) is 25.3. The lowest BCUT2D eigenvalue weighted by molar-refractivity contribution is -0.206. The van der Waals surface area contributed by atoms with Gasteiger partial charge in [-0.15, -0.1) is 0 Å². The van der Waals surface area contributed by atoms with Crippen molar-refractivity contribution in [3.8, 4) is 0 Å². The average Bonchev–Trinajstić information content (AvgIpc) is 1.69. The summed E-state index contributed by atoms with van der Waals surface area (Å²) in [6, 6.07) is -3.81. The fourth-order valence-corrected chi connectivity index (χ4v) is 15.1. The smallest absolute Gasteiger partial charge is 0.147 e. The molecule has 14 radical (unpaired) electrons. The van der Waals surface area contributed by atoms with Crippen molar-refractivity contribution in [2.45, 2.75) is 171 Å². The van der Waals surface area contributed by atoms with Crippen LogP contribution in [0.5, 0.6) is 0 Å². The molecule has 6 saturated heterocycles. The van der Waals surface area contributed by atoms with Crippen LogP contribution in [0.25, 0.3) is 0 Å². The molecule has 6 fully saturated rings. The number of rotatable bonds is 35. The Morgan fingerprint density at radius 3 is 1.22 bits per heavy atom. The third-order valence-corrected chi connectivity index (χ3v) is 19.1. The van der Waals surface area contributed by atoms with E-state index >= 15 is 0 Å². The number of nitrogens with two attached hydrogens (primary N) is 1. The number of ether oxygens (including phenoxy) is 19. The van der Waals surface area contributed by atoms with Gasteiger partial charge in [0.1, 0.15) is 155 Å². The average molecular weight is 1640 g/mol. The number of hydrogen-bond acceptors (Lipinski definition) is 35. The number of allylic oxidation sites excluding steroid dienone is 1. The molecule has 48 heteroatoms. The van der Waals surface area contributed by atoms with Crippen LogP contribution in [-0.4, -0.2) is 380 Å². The molecule has 0 aromatic carbocycles. The number of halogens is 1. The molecular weight excluding hydrogens is 1530 g/mol. The Kier molecular flexibility index (Phi) is 53.7. The van der Waals surface area contributed by atoms with Crippen LogP contribution in [0.15, 0.2) is 12.2 Å². The largest absolute Gasteiger partial charge is 0.801 e. The Morgan fingerprint density at radius 1 is 0.430 bits per heavy atom. The van der Waals surface area contributed by atoms with Gasteiger partial charge >= 0.3 is 0 Å². The Morgan fingerprint density at radius 2 is 0.822 bits per heavy atom. The third kappa shape index (κ3) is 43.0. The van der Waals surface area contributed by atoms with Gasteiger partial charge in [-0.2, -0.15) is 0 Å². The molecule has 0 aromatic rings. The maximum Gasteiger partial charge on any atom is 0.147 e. The quantitative estimate of drug-likeness (QED) is 0.0301. The molecule has 13 unspecified atom stereocenters. The molecule has 0 bridgehead atoms. The monoisotopic (exact) mass is 1640 g/mol. The maximum atomic E-state index is 13.4. The van der Waals surface area contributed by atoms with Gasteiger partial charge in [-0.25, -0.2) is 4.39 Å². The predicted octanol–water partition coefficient (Wildman–Crippen LogP) is -2.33. The molecule has 107 heavy (non-hydrogen) atoms. The van der Waals surface area contributed by atoms with E-state index in [2.05, 4.69) is 10.6 Å². The highest BCUT2D eigenvalue weighted by Crippen LogP contribution is 2.44. The minimum atomic E-state index is -4.02. The lowest BCUT2D eigenvalue weighted by Gasteiger charge is -2.33. The summed E-state index contributed by atoms with van der Waals surface area (Å²) >= 11 is 4.69. The highest BCUT2D eigenvalue weighted by atomic mass is 32.5. The summed E-state index contributed by atoms with van der Waals surface area (Å²) in [5.41, 5.74) is 5.37. The highest BCUT2D eigenvalue weighted by molar-refractivity contribution is 8.08. The van der Waals surface area contributed by atoms with Crippen LogP contribution in [0, 0.1) is 5.92 Å². The van der Waals surface area contributed by atoms with Crippen LogP contribution in [-0.2, 0) is 143 Å². The first kappa shape index (κ1) is 106. The minimum Gasteiger partial charge on any atom is -0.801 e. The van der Waals surface area contributed by atoms with Gasteiger partial charge in [-0.05, 0) is 45.4 Å². The van der Waals surface area contributed by atoms with Gasteiger partial charge in [0.05, 0.1) is 99.5 Å². The van der Waals surface area contributed by atoms with Crippen molar-refractivity contribution in [3.05, 3.63) is 12.2 Å². The molecule has 0 spiro atoms. The van der Waals surface area contributed by atoms with E-state index in [1.54, 1.807) is 35.5 Å². The molecule has 7 rings (SSSR count).